The van der Waals surface area contributed by atoms with E-state index in [0.29, 0.717) is 5.75 Å². The lowest BCUT2D eigenvalue weighted by Crippen LogP contribution is -2.33. The molecule has 3 rings (SSSR count). The molecule has 8 nitrogen and oxygen atoms in total. The van der Waals surface area contributed by atoms with E-state index >= 15 is 0 Å². The minimum Gasteiger partial charge on any atom is -0.497 e. The Balaban J connectivity index is 1.94. The van der Waals surface area contributed by atoms with E-state index in [1.54, 1.807) is 18.6 Å². The molecule has 4 N–H and O–H groups in total. The standard InChI is InChI=1S/C17H17F2N5O3/c1-27-10-4-2-3-9(7-10)17(5-6-17)23-16-21-8-11(15(26)24-20)12(22-16)13(25)14(18)19/h2-4,7-8,14H,5-6,20H2,1H3,(H,24,26)(H,21,22,23). The van der Waals surface area contributed by atoms with Crippen molar-refractivity contribution in [2.75, 3.05) is 12.4 Å². The number of amides is 1. The molecule has 27 heavy (non-hydrogen) atoms. The molecule has 10 heteroatoms. The number of halogens is 2. The number of methoxy groups -OCH3 is 1. The summed E-state index contributed by atoms with van der Waals surface area (Å²) in [5.74, 6) is 3.15. The van der Waals surface area contributed by atoms with Crippen molar-refractivity contribution in [1.29, 1.82) is 0 Å². The number of alkyl halides is 2. The summed E-state index contributed by atoms with van der Waals surface area (Å²) in [4.78, 5) is 31.3. The monoisotopic (exact) mass is 377 g/mol. The molecule has 0 unspecified atom stereocenters. The molecule has 0 aliphatic heterocycles. The second-order valence-corrected chi connectivity index (χ2v) is 6.03. The number of carbonyl (C=O) groups is 2. The Labute approximate surface area is 153 Å². The number of hydrazine groups is 1. The van der Waals surface area contributed by atoms with Crippen molar-refractivity contribution < 1.29 is 23.1 Å². The largest absolute Gasteiger partial charge is 0.497 e. The normalized spacial score (nSPS) is 14.6. The molecule has 0 saturated heterocycles. The molecule has 1 fully saturated rings. The van der Waals surface area contributed by atoms with Crippen LogP contribution in [0.5, 0.6) is 5.75 Å². The van der Waals surface area contributed by atoms with E-state index in [-0.39, 0.29) is 5.95 Å². The van der Waals surface area contributed by atoms with Gasteiger partial charge in [-0.2, -0.15) is 0 Å². The second kappa shape index (κ2) is 7.23. The number of ether oxygens (including phenoxy) is 1. The average Bonchev–Trinajstić information content (AvgIpc) is 3.47. The molecule has 1 aromatic carbocycles. The highest BCUT2D eigenvalue weighted by Gasteiger charge is 2.45. The first kappa shape index (κ1) is 18.6. The summed E-state index contributed by atoms with van der Waals surface area (Å²) in [5, 5.41) is 3.08. The maximum atomic E-state index is 12.9. The Bertz CT molecular complexity index is 887. The molecule has 2 aromatic rings. The molecule has 0 bridgehead atoms. The third-order valence-corrected chi connectivity index (χ3v) is 4.32. The molecular formula is C17H17F2N5O3. The third-order valence-electron chi connectivity index (χ3n) is 4.32. The van der Waals surface area contributed by atoms with Crippen LogP contribution in [0.15, 0.2) is 30.5 Å². The summed E-state index contributed by atoms with van der Waals surface area (Å²) in [6.45, 7) is 0. The van der Waals surface area contributed by atoms with Crippen molar-refractivity contribution in [2.24, 2.45) is 5.84 Å². The molecule has 142 valence electrons. The van der Waals surface area contributed by atoms with Gasteiger partial charge in [-0.1, -0.05) is 12.1 Å². The maximum absolute atomic E-state index is 12.9. The number of nitrogens with zero attached hydrogens (tertiary/aromatic N) is 2. The van der Waals surface area contributed by atoms with Gasteiger partial charge in [0.25, 0.3) is 5.91 Å². The van der Waals surface area contributed by atoms with Gasteiger partial charge in [0.05, 0.1) is 18.2 Å². The number of carbonyl (C=O) groups excluding carboxylic acids is 2. The summed E-state index contributed by atoms with van der Waals surface area (Å²) in [6.07, 6.45) is -0.806. The fourth-order valence-electron chi connectivity index (χ4n) is 2.72. The molecule has 0 radical (unpaired) electrons. The van der Waals surface area contributed by atoms with Gasteiger partial charge in [0.15, 0.2) is 0 Å². The number of aromatic nitrogens is 2. The zero-order valence-corrected chi connectivity index (χ0v) is 14.3. The molecule has 0 spiro atoms. The molecule has 1 saturated carbocycles. The van der Waals surface area contributed by atoms with E-state index < -0.39 is 34.9 Å². The Hall–Kier alpha value is -3.14. The number of nitrogens with one attached hydrogen (secondary N) is 2. The fraction of sp³-hybridized carbons (Fsp3) is 0.294. The highest BCUT2D eigenvalue weighted by atomic mass is 19.3. The average molecular weight is 377 g/mol. The van der Waals surface area contributed by atoms with Gasteiger partial charge in [-0.15, -0.1) is 0 Å². The van der Waals surface area contributed by atoms with Crippen LogP contribution in [-0.2, 0) is 5.54 Å². The lowest BCUT2D eigenvalue weighted by molar-refractivity contribution is 0.0669. The van der Waals surface area contributed by atoms with E-state index in [4.69, 9.17) is 10.6 Å². The first-order valence-corrected chi connectivity index (χ1v) is 8.03. The predicted octanol–water partition coefficient (Wildman–Crippen LogP) is 1.64. The minimum absolute atomic E-state index is 0.0344. The molecule has 1 aliphatic rings. The van der Waals surface area contributed by atoms with Crippen molar-refractivity contribution in [1.82, 2.24) is 15.4 Å². The molecule has 0 atom stereocenters. The number of hydrogen-bond acceptors (Lipinski definition) is 7. The van der Waals surface area contributed by atoms with Crippen LogP contribution in [0.1, 0.15) is 39.3 Å². The van der Waals surface area contributed by atoms with Crippen LogP contribution >= 0.6 is 0 Å². The van der Waals surface area contributed by atoms with Crippen LogP contribution in [0.2, 0.25) is 0 Å². The van der Waals surface area contributed by atoms with Gasteiger partial charge in [-0.25, -0.2) is 24.6 Å². The Morgan fingerprint density at radius 3 is 2.67 bits per heavy atom. The molecule has 1 amide bonds. The first-order chi connectivity index (χ1) is 12.9. The summed E-state index contributed by atoms with van der Waals surface area (Å²) >= 11 is 0. The van der Waals surface area contributed by atoms with Crippen LogP contribution in [0.25, 0.3) is 0 Å². The van der Waals surface area contributed by atoms with Crippen LogP contribution in [0.3, 0.4) is 0 Å². The number of Topliss-reactive ketones (excluding diaryl/α,β-unsaturated/α-hetero) is 1. The summed E-state index contributed by atoms with van der Waals surface area (Å²) < 4.78 is 31.0. The Kier molecular flexibility index (Phi) is 5.00. The number of nitrogens with two attached hydrogens (primary N) is 1. The van der Waals surface area contributed by atoms with Crippen molar-refractivity contribution in [3.63, 3.8) is 0 Å². The van der Waals surface area contributed by atoms with Gasteiger partial charge in [-0.3, -0.25) is 15.0 Å². The predicted molar refractivity (Wildman–Crippen MR) is 91.5 cm³/mol. The van der Waals surface area contributed by atoms with Gasteiger partial charge >= 0.3 is 6.43 Å². The Morgan fingerprint density at radius 2 is 2.07 bits per heavy atom. The number of hydrogen-bond donors (Lipinski definition) is 3. The zero-order chi connectivity index (χ0) is 19.6. The van der Waals surface area contributed by atoms with Crippen LogP contribution in [-0.4, -0.2) is 35.2 Å². The van der Waals surface area contributed by atoms with E-state index in [9.17, 15) is 18.4 Å². The lowest BCUT2D eigenvalue weighted by atomic mass is 10.0. The molecule has 1 heterocycles. The topological polar surface area (TPSA) is 119 Å². The van der Waals surface area contributed by atoms with Crippen molar-refractivity contribution in [2.45, 2.75) is 24.8 Å². The quantitative estimate of drug-likeness (QED) is 0.290. The van der Waals surface area contributed by atoms with Crippen molar-refractivity contribution >= 4 is 17.6 Å². The maximum Gasteiger partial charge on any atom is 0.302 e. The van der Waals surface area contributed by atoms with Gasteiger partial charge in [-0.05, 0) is 30.5 Å². The summed E-state index contributed by atoms with van der Waals surface area (Å²) in [6, 6.07) is 7.37. The summed E-state index contributed by atoms with van der Waals surface area (Å²) in [7, 11) is 1.55. The van der Waals surface area contributed by atoms with Gasteiger partial charge in [0.2, 0.25) is 11.7 Å². The number of nitrogen functional groups attached to an aromatic ring is 1. The Morgan fingerprint density at radius 1 is 1.33 bits per heavy atom. The van der Waals surface area contributed by atoms with E-state index in [1.165, 1.54) is 0 Å². The van der Waals surface area contributed by atoms with Crippen LogP contribution in [0, 0.1) is 0 Å². The SMILES string of the molecule is COc1cccc(C2(Nc3ncc(C(=O)NN)c(C(=O)C(F)F)n3)CC2)c1. The third kappa shape index (κ3) is 3.70. The first-order valence-electron chi connectivity index (χ1n) is 8.03. The number of ketones is 1. The summed E-state index contributed by atoms with van der Waals surface area (Å²) in [5.41, 5.74) is 1.10. The van der Waals surface area contributed by atoms with Gasteiger partial charge in [0, 0.05) is 6.20 Å². The number of rotatable bonds is 7. The van der Waals surface area contributed by atoms with E-state index in [0.717, 1.165) is 24.6 Å². The molecular weight excluding hydrogens is 360 g/mol. The van der Waals surface area contributed by atoms with Crippen LogP contribution < -0.4 is 21.3 Å². The van der Waals surface area contributed by atoms with Crippen LogP contribution in [0.4, 0.5) is 14.7 Å². The number of benzene rings is 1. The highest BCUT2D eigenvalue weighted by molar-refractivity contribution is 6.07. The van der Waals surface area contributed by atoms with Crippen molar-refractivity contribution in [3.05, 3.63) is 47.3 Å². The fourth-order valence-corrected chi connectivity index (χ4v) is 2.72. The van der Waals surface area contributed by atoms with E-state index in [1.807, 2.05) is 18.2 Å². The molecule has 1 aliphatic carbocycles. The van der Waals surface area contributed by atoms with Crippen molar-refractivity contribution in [3.8, 4) is 5.75 Å². The zero-order valence-electron chi connectivity index (χ0n) is 14.3. The smallest absolute Gasteiger partial charge is 0.302 e. The molecule has 1 aromatic heterocycles. The minimum atomic E-state index is -3.31. The highest BCUT2D eigenvalue weighted by Crippen LogP contribution is 2.48. The van der Waals surface area contributed by atoms with Gasteiger partial charge in [0.1, 0.15) is 11.4 Å². The second-order valence-electron chi connectivity index (χ2n) is 6.03. The van der Waals surface area contributed by atoms with Gasteiger partial charge < -0.3 is 10.1 Å². The number of anilines is 1. The lowest BCUT2D eigenvalue weighted by Gasteiger charge is -2.19. The van der Waals surface area contributed by atoms with E-state index in [2.05, 4.69) is 15.3 Å².